The average molecular weight is 345 g/mol. The number of hydrogen-bond donors (Lipinski definition) is 0. The predicted molar refractivity (Wildman–Crippen MR) is 78.2 cm³/mol. The van der Waals surface area contributed by atoms with Crippen LogP contribution in [0.2, 0.25) is 0 Å². The largest absolute Gasteiger partial charge is 1.00 e. The van der Waals surface area contributed by atoms with Gasteiger partial charge in [0.05, 0.1) is 0 Å². The van der Waals surface area contributed by atoms with E-state index < -0.39 is 11.9 Å². The first-order chi connectivity index (χ1) is 9.91. The fraction of sp³-hybridized carbons (Fsp3) is 0.875. The van der Waals surface area contributed by atoms with Crippen molar-refractivity contribution < 1.29 is 78.9 Å². The number of carboxylic acids is 2. The molecule has 5 nitrogen and oxygen atoms in total. The van der Waals surface area contributed by atoms with Crippen LogP contribution in [0.5, 0.6) is 0 Å². The molecule has 0 saturated carbocycles. The van der Waals surface area contributed by atoms with Gasteiger partial charge in [-0.25, -0.2) is 0 Å². The molecule has 0 spiro atoms. The zero-order valence-electron chi connectivity index (χ0n) is 15.4. The van der Waals surface area contributed by atoms with Crippen molar-refractivity contribution in [2.75, 3.05) is 19.6 Å². The van der Waals surface area contributed by atoms with Gasteiger partial charge >= 0.3 is 59.1 Å². The quantitative estimate of drug-likeness (QED) is 0.232. The Morgan fingerprint density at radius 1 is 0.783 bits per heavy atom. The Morgan fingerprint density at radius 2 is 1.22 bits per heavy atom. The van der Waals surface area contributed by atoms with Crippen molar-refractivity contribution in [1.29, 1.82) is 0 Å². The molecule has 0 rings (SSSR count). The van der Waals surface area contributed by atoms with E-state index in [0.29, 0.717) is 13.1 Å². The van der Waals surface area contributed by atoms with E-state index in [1.165, 1.54) is 25.7 Å². The molecule has 0 aliphatic heterocycles. The Bertz CT molecular complexity index is 284. The summed E-state index contributed by atoms with van der Waals surface area (Å²) in [6, 6.07) is 0. The molecule has 0 atom stereocenters. The molecule has 0 heterocycles. The third kappa shape index (κ3) is 22.9. The van der Waals surface area contributed by atoms with Gasteiger partial charge in [0, 0.05) is 25.0 Å². The van der Waals surface area contributed by atoms with Crippen LogP contribution in [0.15, 0.2) is 0 Å². The van der Waals surface area contributed by atoms with Gasteiger partial charge in [0.25, 0.3) is 0 Å². The Kier molecular flexibility index (Phi) is 24.0. The molecule has 0 N–H and O–H groups in total. The summed E-state index contributed by atoms with van der Waals surface area (Å²) in [5, 5.41) is 21.0. The minimum atomic E-state index is -1.10. The summed E-state index contributed by atoms with van der Waals surface area (Å²) in [5.41, 5.74) is 0. The van der Waals surface area contributed by atoms with Gasteiger partial charge < -0.3 is 24.7 Å². The molecule has 0 fully saturated rings. The van der Waals surface area contributed by atoms with Crippen molar-refractivity contribution in [2.45, 2.75) is 65.2 Å². The van der Waals surface area contributed by atoms with Gasteiger partial charge in [-0.3, -0.25) is 0 Å². The van der Waals surface area contributed by atoms with E-state index in [1.807, 2.05) is 4.90 Å². The Hall–Kier alpha value is 0.900. The molecule has 0 aromatic carbocycles. The molecule has 7 heteroatoms. The number of hydrogen-bond acceptors (Lipinski definition) is 5. The second-order valence-electron chi connectivity index (χ2n) is 6.04. The number of carboxylic acid groups (broad SMARTS) is 2. The van der Waals surface area contributed by atoms with Gasteiger partial charge in [-0.1, -0.05) is 46.0 Å². The number of unbranched alkanes of at least 4 members (excludes halogenated alkanes) is 4. The van der Waals surface area contributed by atoms with Crippen molar-refractivity contribution in [2.24, 2.45) is 5.92 Å². The van der Waals surface area contributed by atoms with Crippen molar-refractivity contribution in [1.82, 2.24) is 4.90 Å². The molecule has 0 radical (unpaired) electrons. The van der Waals surface area contributed by atoms with Gasteiger partial charge in [-0.05, 0) is 31.7 Å². The van der Waals surface area contributed by atoms with Gasteiger partial charge in [0.1, 0.15) is 0 Å². The zero-order chi connectivity index (χ0) is 16.1. The molecule has 0 bridgehead atoms. The van der Waals surface area contributed by atoms with Crippen LogP contribution in [-0.4, -0.2) is 36.5 Å². The third-order valence-corrected chi connectivity index (χ3v) is 3.52. The maximum absolute atomic E-state index is 10.5. The van der Waals surface area contributed by atoms with Crippen LogP contribution in [-0.2, 0) is 9.59 Å². The third-order valence-electron chi connectivity index (χ3n) is 3.52. The van der Waals surface area contributed by atoms with Crippen LogP contribution in [0.4, 0.5) is 0 Å². The van der Waals surface area contributed by atoms with E-state index in [2.05, 4.69) is 13.8 Å². The molecule has 0 aromatic heterocycles. The second kappa shape index (κ2) is 19.2. The zero-order valence-corrected chi connectivity index (χ0v) is 19.4. The number of nitrogens with zero attached hydrogens (tertiary/aromatic N) is 1. The summed E-state index contributed by atoms with van der Waals surface area (Å²) >= 11 is 0. The summed E-state index contributed by atoms with van der Waals surface area (Å²) in [6.45, 7) is 5.90. The van der Waals surface area contributed by atoms with Crippen LogP contribution in [0.3, 0.4) is 0 Å². The van der Waals surface area contributed by atoms with E-state index >= 15 is 0 Å². The first-order valence-electron chi connectivity index (χ1n) is 8.04. The fourth-order valence-corrected chi connectivity index (χ4v) is 2.25. The topological polar surface area (TPSA) is 83.5 Å². The molecule has 0 aliphatic carbocycles. The summed E-state index contributed by atoms with van der Waals surface area (Å²) < 4.78 is 0. The van der Waals surface area contributed by atoms with E-state index in [1.54, 1.807) is 0 Å². The van der Waals surface area contributed by atoms with Crippen molar-refractivity contribution in [3.8, 4) is 0 Å². The normalized spacial score (nSPS) is 10.3. The first kappa shape index (κ1) is 28.7. The van der Waals surface area contributed by atoms with Crippen LogP contribution in [0.25, 0.3) is 0 Å². The maximum atomic E-state index is 10.5. The van der Waals surface area contributed by atoms with Gasteiger partial charge in [-0.2, -0.15) is 0 Å². The Labute approximate surface area is 185 Å². The van der Waals surface area contributed by atoms with E-state index in [0.717, 1.165) is 25.3 Å². The maximum Gasteiger partial charge on any atom is 1.00 e. The van der Waals surface area contributed by atoms with Crippen LogP contribution in [0.1, 0.15) is 65.2 Å². The van der Waals surface area contributed by atoms with E-state index in [-0.39, 0.29) is 72.0 Å². The first-order valence-corrected chi connectivity index (χ1v) is 8.04. The molecule has 0 saturated heterocycles. The van der Waals surface area contributed by atoms with Crippen molar-refractivity contribution in [3.05, 3.63) is 0 Å². The van der Waals surface area contributed by atoms with E-state index in [4.69, 9.17) is 0 Å². The minimum absolute atomic E-state index is 0. The van der Waals surface area contributed by atoms with Gasteiger partial charge in [0.15, 0.2) is 0 Å². The standard InChI is InChI=1S/C16H31NO4.2Na/c1-14(2)8-6-4-3-5-7-11-17(12-9-15(18)19)13-10-16(20)21;;/h14H,3-13H2,1-2H3,(H,18,19)(H,20,21);;/q;2*+1/p-2. The molecule has 23 heavy (non-hydrogen) atoms. The summed E-state index contributed by atoms with van der Waals surface area (Å²) in [7, 11) is 0. The molecule has 0 aliphatic rings. The number of carbonyl (C=O) groups excluding carboxylic acids is 2. The SMILES string of the molecule is CC(C)CCCCCCCN(CCC(=O)[O-])CCC(=O)[O-].[Na+].[Na+]. The smallest absolute Gasteiger partial charge is 0.550 e. The Morgan fingerprint density at radius 3 is 1.65 bits per heavy atom. The molecule has 0 aromatic rings. The van der Waals surface area contributed by atoms with Gasteiger partial charge in [0.2, 0.25) is 0 Å². The van der Waals surface area contributed by atoms with Crippen molar-refractivity contribution >= 4 is 11.9 Å². The number of aliphatic carboxylic acids is 2. The molecule has 0 unspecified atom stereocenters. The van der Waals surface area contributed by atoms with E-state index in [9.17, 15) is 19.8 Å². The number of rotatable bonds is 14. The summed E-state index contributed by atoms with van der Waals surface area (Å²) in [5.74, 6) is -1.43. The summed E-state index contributed by atoms with van der Waals surface area (Å²) in [4.78, 5) is 22.8. The molecule has 124 valence electrons. The molecular formula is C16H29NNa2O4. The fourth-order valence-electron chi connectivity index (χ4n) is 2.25. The van der Waals surface area contributed by atoms with Crippen LogP contribution in [0, 0.1) is 5.92 Å². The van der Waals surface area contributed by atoms with Crippen LogP contribution >= 0.6 is 0 Å². The molecule has 0 amide bonds. The van der Waals surface area contributed by atoms with Crippen LogP contribution < -0.4 is 69.3 Å². The number of carbonyl (C=O) groups is 2. The minimum Gasteiger partial charge on any atom is -0.550 e. The Balaban J connectivity index is -0.00000200. The average Bonchev–Trinajstić information content (AvgIpc) is 2.39. The monoisotopic (exact) mass is 345 g/mol. The van der Waals surface area contributed by atoms with Crippen molar-refractivity contribution in [3.63, 3.8) is 0 Å². The second-order valence-corrected chi connectivity index (χ2v) is 6.04. The predicted octanol–water partition coefficient (Wildman–Crippen LogP) is -5.43. The molecular weight excluding hydrogens is 316 g/mol. The van der Waals surface area contributed by atoms with Gasteiger partial charge in [-0.15, -0.1) is 0 Å². The summed E-state index contributed by atoms with van der Waals surface area (Å²) in [6.07, 6.45) is 6.91.